The standard InChI is InChI=1S/C16H18N4O3S/c1-23-15(21)11-24-13-7-8-19(10-13)16(22)14-9-17-20(18-14)12-5-3-2-4-6-12/h2-6,9,13H,7-8,10-11H2,1H3. The summed E-state index contributed by atoms with van der Waals surface area (Å²) in [5.41, 5.74) is 1.14. The van der Waals surface area contributed by atoms with Gasteiger partial charge in [0, 0.05) is 18.3 Å². The SMILES string of the molecule is COC(=O)CSC1CCN(C(=O)c2cnn(-c3ccccc3)n2)C1. The highest BCUT2D eigenvalue weighted by Crippen LogP contribution is 2.23. The van der Waals surface area contributed by atoms with Gasteiger partial charge in [-0.3, -0.25) is 9.59 Å². The number of aromatic nitrogens is 3. The molecule has 0 N–H and O–H groups in total. The summed E-state index contributed by atoms with van der Waals surface area (Å²) in [6.45, 7) is 1.27. The fraction of sp³-hybridized carbons (Fsp3) is 0.375. The molecular formula is C16H18N4O3S. The van der Waals surface area contributed by atoms with Crippen molar-refractivity contribution in [1.82, 2.24) is 19.9 Å². The number of ether oxygens (including phenoxy) is 1. The second-order valence-corrected chi connectivity index (χ2v) is 6.69. The van der Waals surface area contributed by atoms with E-state index < -0.39 is 0 Å². The van der Waals surface area contributed by atoms with Crippen molar-refractivity contribution in [1.29, 1.82) is 0 Å². The first-order chi connectivity index (χ1) is 11.7. The van der Waals surface area contributed by atoms with Crippen LogP contribution in [0.15, 0.2) is 36.5 Å². The highest BCUT2D eigenvalue weighted by Gasteiger charge is 2.29. The number of para-hydroxylation sites is 1. The van der Waals surface area contributed by atoms with Crippen LogP contribution >= 0.6 is 11.8 Å². The summed E-state index contributed by atoms with van der Waals surface area (Å²) >= 11 is 1.53. The van der Waals surface area contributed by atoms with Crippen molar-refractivity contribution in [2.75, 3.05) is 26.0 Å². The van der Waals surface area contributed by atoms with E-state index in [2.05, 4.69) is 14.9 Å². The molecule has 2 aromatic rings. The van der Waals surface area contributed by atoms with Gasteiger partial charge in [-0.2, -0.15) is 9.90 Å². The summed E-state index contributed by atoms with van der Waals surface area (Å²) in [4.78, 5) is 26.9. The lowest BCUT2D eigenvalue weighted by atomic mass is 10.3. The van der Waals surface area contributed by atoms with Gasteiger partial charge in [0.1, 0.15) is 0 Å². The summed E-state index contributed by atoms with van der Waals surface area (Å²) in [5, 5.41) is 8.68. The number of rotatable bonds is 5. The van der Waals surface area contributed by atoms with Crippen LogP contribution in [0.5, 0.6) is 0 Å². The van der Waals surface area contributed by atoms with E-state index in [1.54, 1.807) is 4.90 Å². The molecule has 24 heavy (non-hydrogen) atoms. The minimum Gasteiger partial charge on any atom is -0.468 e. The van der Waals surface area contributed by atoms with Crippen LogP contribution in [0.3, 0.4) is 0 Å². The number of methoxy groups -OCH3 is 1. The molecule has 3 rings (SSSR count). The fourth-order valence-corrected chi connectivity index (χ4v) is 3.55. The molecule has 0 saturated carbocycles. The topological polar surface area (TPSA) is 77.3 Å². The van der Waals surface area contributed by atoms with Crippen molar-refractivity contribution in [2.24, 2.45) is 0 Å². The Hall–Kier alpha value is -2.35. The summed E-state index contributed by atoms with van der Waals surface area (Å²) in [6.07, 6.45) is 2.35. The maximum atomic E-state index is 12.5. The van der Waals surface area contributed by atoms with Gasteiger partial charge >= 0.3 is 5.97 Å². The molecule has 7 nitrogen and oxygen atoms in total. The molecule has 0 spiro atoms. The molecule has 1 aliphatic rings. The van der Waals surface area contributed by atoms with Crippen LogP contribution in [0.4, 0.5) is 0 Å². The zero-order valence-electron chi connectivity index (χ0n) is 13.3. The molecule has 0 radical (unpaired) electrons. The lowest BCUT2D eigenvalue weighted by molar-refractivity contribution is -0.137. The highest BCUT2D eigenvalue weighted by molar-refractivity contribution is 8.00. The second kappa shape index (κ2) is 7.48. The van der Waals surface area contributed by atoms with E-state index in [9.17, 15) is 9.59 Å². The molecule has 1 atom stereocenters. The van der Waals surface area contributed by atoms with E-state index in [-0.39, 0.29) is 17.1 Å². The van der Waals surface area contributed by atoms with Crippen LogP contribution in [0, 0.1) is 0 Å². The maximum absolute atomic E-state index is 12.5. The smallest absolute Gasteiger partial charge is 0.315 e. The predicted molar refractivity (Wildman–Crippen MR) is 90.1 cm³/mol. The minimum absolute atomic E-state index is 0.127. The summed E-state index contributed by atoms with van der Waals surface area (Å²) in [5.74, 6) is -0.0538. The van der Waals surface area contributed by atoms with Crippen molar-refractivity contribution in [3.63, 3.8) is 0 Å². The number of amides is 1. The Morgan fingerprint density at radius 1 is 1.33 bits per heavy atom. The minimum atomic E-state index is -0.240. The van der Waals surface area contributed by atoms with Crippen LogP contribution in [0.25, 0.3) is 5.69 Å². The molecule has 126 valence electrons. The van der Waals surface area contributed by atoms with Gasteiger partial charge in [0.2, 0.25) is 0 Å². The third-order valence-electron chi connectivity index (χ3n) is 3.79. The van der Waals surface area contributed by atoms with Gasteiger partial charge in [-0.1, -0.05) is 18.2 Å². The summed E-state index contributed by atoms with van der Waals surface area (Å²) in [6, 6.07) is 9.45. The number of nitrogens with zero attached hydrogens (tertiary/aromatic N) is 4. The summed E-state index contributed by atoms with van der Waals surface area (Å²) in [7, 11) is 1.38. The Morgan fingerprint density at radius 3 is 2.88 bits per heavy atom. The Labute approximate surface area is 144 Å². The van der Waals surface area contributed by atoms with Gasteiger partial charge < -0.3 is 9.64 Å². The van der Waals surface area contributed by atoms with Gasteiger partial charge in [0.05, 0.1) is 24.7 Å². The molecule has 1 aliphatic heterocycles. The van der Waals surface area contributed by atoms with Crippen molar-refractivity contribution < 1.29 is 14.3 Å². The molecule has 1 fully saturated rings. The van der Waals surface area contributed by atoms with Gasteiger partial charge in [-0.15, -0.1) is 16.9 Å². The average Bonchev–Trinajstić information content (AvgIpc) is 3.29. The van der Waals surface area contributed by atoms with E-state index in [4.69, 9.17) is 0 Å². The zero-order valence-corrected chi connectivity index (χ0v) is 14.1. The molecule has 1 saturated heterocycles. The first-order valence-corrected chi connectivity index (χ1v) is 8.67. The van der Waals surface area contributed by atoms with Gasteiger partial charge in [-0.25, -0.2) is 0 Å². The number of carbonyl (C=O) groups is 2. The molecule has 1 unspecified atom stereocenters. The fourth-order valence-electron chi connectivity index (χ4n) is 2.50. The summed E-state index contributed by atoms with van der Waals surface area (Å²) < 4.78 is 4.64. The lowest BCUT2D eigenvalue weighted by Crippen LogP contribution is -2.29. The number of esters is 1. The third kappa shape index (κ3) is 3.76. The molecule has 0 bridgehead atoms. The molecule has 8 heteroatoms. The van der Waals surface area contributed by atoms with Crippen molar-refractivity contribution in [3.8, 4) is 5.69 Å². The van der Waals surface area contributed by atoms with Gasteiger partial charge in [-0.05, 0) is 18.6 Å². The second-order valence-electron chi connectivity index (χ2n) is 5.40. The van der Waals surface area contributed by atoms with Gasteiger partial charge in [0.15, 0.2) is 5.69 Å². The molecule has 1 aromatic carbocycles. The Kier molecular flexibility index (Phi) is 5.14. The third-order valence-corrected chi connectivity index (χ3v) is 5.05. The van der Waals surface area contributed by atoms with Crippen molar-refractivity contribution in [2.45, 2.75) is 11.7 Å². The van der Waals surface area contributed by atoms with E-state index in [1.165, 1.54) is 29.9 Å². The van der Waals surface area contributed by atoms with E-state index in [0.717, 1.165) is 12.1 Å². The quantitative estimate of drug-likeness (QED) is 0.762. The first kappa shape index (κ1) is 16.5. The average molecular weight is 346 g/mol. The van der Waals surface area contributed by atoms with E-state index in [1.807, 2.05) is 30.3 Å². The number of thioether (sulfide) groups is 1. The molecule has 1 amide bonds. The van der Waals surface area contributed by atoms with Crippen molar-refractivity contribution >= 4 is 23.6 Å². The van der Waals surface area contributed by atoms with Gasteiger partial charge in [0.25, 0.3) is 5.91 Å². The Morgan fingerprint density at radius 2 is 2.12 bits per heavy atom. The van der Waals surface area contributed by atoms with Crippen LogP contribution in [0.1, 0.15) is 16.9 Å². The first-order valence-electron chi connectivity index (χ1n) is 7.63. The number of likely N-dealkylation sites (tertiary alicyclic amines) is 1. The van der Waals surface area contributed by atoms with Crippen molar-refractivity contribution in [3.05, 3.63) is 42.2 Å². The zero-order chi connectivity index (χ0) is 16.9. The van der Waals surface area contributed by atoms with Crippen LogP contribution in [-0.4, -0.2) is 63.0 Å². The van der Waals surface area contributed by atoms with Crippen LogP contribution in [0.2, 0.25) is 0 Å². The number of carbonyl (C=O) groups excluding carboxylic acids is 2. The van der Waals surface area contributed by atoms with Crippen LogP contribution in [-0.2, 0) is 9.53 Å². The molecule has 1 aromatic heterocycles. The Balaban J connectivity index is 1.59. The number of hydrogen-bond acceptors (Lipinski definition) is 6. The monoisotopic (exact) mass is 346 g/mol. The normalized spacial score (nSPS) is 17.0. The molecular weight excluding hydrogens is 328 g/mol. The van der Waals surface area contributed by atoms with E-state index >= 15 is 0 Å². The molecule has 0 aliphatic carbocycles. The maximum Gasteiger partial charge on any atom is 0.315 e. The number of benzene rings is 1. The van der Waals surface area contributed by atoms with Crippen LogP contribution < -0.4 is 0 Å². The van der Waals surface area contributed by atoms with E-state index in [0.29, 0.717) is 24.5 Å². The predicted octanol–water partition coefficient (Wildman–Crippen LogP) is 1.39. The lowest BCUT2D eigenvalue weighted by Gasteiger charge is -2.14. The highest BCUT2D eigenvalue weighted by atomic mass is 32.2. The number of hydrogen-bond donors (Lipinski definition) is 0. The Bertz CT molecular complexity index is 719. The molecule has 2 heterocycles. The largest absolute Gasteiger partial charge is 0.468 e.